The number of nitrogens with zero attached hydrogens (tertiary/aromatic N) is 2. The number of likely N-dealkylation sites (tertiary alicyclic amines) is 1. The predicted octanol–water partition coefficient (Wildman–Crippen LogP) is 1.53. The molecule has 0 aromatic heterocycles. The molecular weight excluding hydrogens is 226 g/mol. The highest BCUT2D eigenvalue weighted by atomic mass is 16.2. The Morgan fingerprint density at radius 2 is 2.00 bits per heavy atom. The molecule has 1 saturated carbocycles. The second-order valence-corrected chi connectivity index (χ2v) is 5.79. The minimum atomic E-state index is 0.164. The fraction of sp³-hybridized carbons (Fsp3) is 0.857. The average Bonchev–Trinajstić information content (AvgIpc) is 2.39. The van der Waals surface area contributed by atoms with Crippen LogP contribution < -0.4 is 5.32 Å². The number of nitrogens with one attached hydrogen (secondary N) is 1. The van der Waals surface area contributed by atoms with E-state index in [-0.39, 0.29) is 17.7 Å². The maximum atomic E-state index is 12.2. The van der Waals surface area contributed by atoms with Crippen LogP contribution in [0, 0.1) is 23.2 Å². The number of hydrogen-bond acceptors (Lipinski definition) is 3. The van der Waals surface area contributed by atoms with Gasteiger partial charge in [0.2, 0.25) is 5.91 Å². The van der Waals surface area contributed by atoms with Crippen LogP contribution in [0.1, 0.15) is 38.5 Å². The van der Waals surface area contributed by atoms with E-state index < -0.39 is 0 Å². The Hall–Kier alpha value is -1.08. The van der Waals surface area contributed by atoms with Gasteiger partial charge in [-0.3, -0.25) is 4.79 Å². The summed E-state index contributed by atoms with van der Waals surface area (Å²) in [5.41, 5.74) is 0. The maximum Gasteiger partial charge on any atom is 0.224 e. The van der Waals surface area contributed by atoms with Crippen molar-refractivity contribution in [1.29, 1.82) is 5.26 Å². The molecule has 1 aliphatic carbocycles. The Labute approximate surface area is 109 Å². The molecule has 0 spiro atoms. The lowest BCUT2D eigenvalue weighted by atomic mass is 9.86. The third-order valence-electron chi connectivity index (χ3n) is 4.25. The molecule has 1 heterocycles. The number of rotatable bonds is 2. The zero-order valence-electron chi connectivity index (χ0n) is 11.2. The van der Waals surface area contributed by atoms with Gasteiger partial charge in [0.1, 0.15) is 0 Å². The highest BCUT2D eigenvalue weighted by Gasteiger charge is 2.27. The highest BCUT2D eigenvalue weighted by Crippen LogP contribution is 2.24. The Balaban J connectivity index is 1.76. The highest BCUT2D eigenvalue weighted by molar-refractivity contribution is 5.79. The van der Waals surface area contributed by atoms with E-state index in [2.05, 4.69) is 23.3 Å². The van der Waals surface area contributed by atoms with E-state index in [4.69, 9.17) is 5.26 Å². The van der Waals surface area contributed by atoms with Crippen LogP contribution in [0.4, 0.5) is 0 Å². The summed E-state index contributed by atoms with van der Waals surface area (Å²) in [4.78, 5) is 14.4. The minimum Gasteiger partial charge on any atom is -0.353 e. The lowest BCUT2D eigenvalue weighted by molar-refractivity contribution is -0.127. The van der Waals surface area contributed by atoms with Crippen molar-refractivity contribution in [2.75, 3.05) is 20.1 Å². The van der Waals surface area contributed by atoms with Gasteiger partial charge in [0.25, 0.3) is 0 Å². The molecule has 1 amide bonds. The molecule has 1 unspecified atom stereocenters. The normalized spacial score (nSPS) is 33.7. The Morgan fingerprint density at radius 1 is 1.28 bits per heavy atom. The number of nitriles is 1. The van der Waals surface area contributed by atoms with E-state index in [0.29, 0.717) is 6.04 Å². The second-order valence-electron chi connectivity index (χ2n) is 5.79. The largest absolute Gasteiger partial charge is 0.353 e. The van der Waals surface area contributed by atoms with Gasteiger partial charge in [-0.2, -0.15) is 5.26 Å². The standard InChI is InChI=1S/C14H23N3O/c1-17-8-2-3-12(10-17)14(18)16-13-6-4-11(9-15)5-7-13/h11-13H,2-8,10H2,1H3,(H,16,18). The molecule has 0 bridgehead atoms. The van der Waals surface area contributed by atoms with Crippen molar-refractivity contribution in [2.45, 2.75) is 44.6 Å². The van der Waals surface area contributed by atoms with E-state index in [1.807, 2.05) is 0 Å². The molecule has 2 fully saturated rings. The number of amides is 1. The zero-order valence-corrected chi connectivity index (χ0v) is 11.2. The van der Waals surface area contributed by atoms with Gasteiger partial charge in [-0.05, 0) is 52.1 Å². The van der Waals surface area contributed by atoms with Gasteiger partial charge in [-0.15, -0.1) is 0 Å². The molecular formula is C14H23N3O. The molecule has 2 rings (SSSR count). The van der Waals surface area contributed by atoms with Gasteiger partial charge in [-0.1, -0.05) is 0 Å². The number of carbonyl (C=O) groups excluding carboxylic acids is 1. The molecule has 0 radical (unpaired) electrons. The van der Waals surface area contributed by atoms with Gasteiger partial charge in [0.05, 0.1) is 12.0 Å². The first kappa shape index (κ1) is 13.4. The van der Waals surface area contributed by atoms with Gasteiger partial charge in [0.15, 0.2) is 0 Å². The van der Waals surface area contributed by atoms with Crippen LogP contribution in [0.2, 0.25) is 0 Å². The van der Waals surface area contributed by atoms with Crippen LogP contribution in [0.15, 0.2) is 0 Å². The zero-order chi connectivity index (χ0) is 13.0. The number of hydrogen-bond donors (Lipinski definition) is 1. The molecule has 0 aromatic rings. The first-order chi connectivity index (χ1) is 8.69. The minimum absolute atomic E-state index is 0.164. The quantitative estimate of drug-likeness (QED) is 0.807. The number of piperidine rings is 1. The van der Waals surface area contributed by atoms with Crippen LogP contribution in [0.25, 0.3) is 0 Å². The summed E-state index contributed by atoms with van der Waals surface area (Å²) in [6.07, 6.45) is 5.94. The lowest BCUT2D eigenvalue weighted by Gasteiger charge is -2.31. The van der Waals surface area contributed by atoms with Gasteiger partial charge >= 0.3 is 0 Å². The molecule has 1 N–H and O–H groups in total. The molecule has 1 aliphatic heterocycles. The van der Waals surface area contributed by atoms with Gasteiger partial charge < -0.3 is 10.2 Å². The summed E-state index contributed by atoms with van der Waals surface area (Å²) in [7, 11) is 2.08. The number of carbonyl (C=O) groups is 1. The summed E-state index contributed by atoms with van der Waals surface area (Å²) in [6.45, 7) is 2.00. The summed E-state index contributed by atoms with van der Waals surface area (Å²) < 4.78 is 0. The molecule has 1 saturated heterocycles. The SMILES string of the molecule is CN1CCCC(C(=O)NC2CCC(C#N)CC2)C1. The first-order valence-electron chi connectivity index (χ1n) is 7.07. The second kappa shape index (κ2) is 6.19. The third-order valence-corrected chi connectivity index (χ3v) is 4.25. The van der Waals surface area contributed by atoms with Gasteiger partial charge in [-0.25, -0.2) is 0 Å². The van der Waals surface area contributed by atoms with E-state index in [9.17, 15) is 4.79 Å². The summed E-state index contributed by atoms with van der Waals surface area (Å²) in [5, 5.41) is 12.0. The average molecular weight is 249 g/mol. The van der Waals surface area contributed by atoms with Crippen LogP contribution in [0.3, 0.4) is 0 Å². The van der Waals surface area contributed by atoms with Crippen molar-refractivity contribution < 1.29 is 4.79 Å². The molecule has 2 aliphatic rings. The lowest BCUT2D eigenvalue weighted by Crippen LogP contribution is -2.45. The van der Waals surface area contributed by atoms with Crippen LogP contribution in [0.5, 0.6) is 0 Å². The fourth-order valence-electron chi connectivity index (χ4n) is 3.07. The van der Waals surface area contributed by atoms with Crippen molar-refractivity contribution in [1.82, 2.24) is 10.2 Å². The third kappa shape index (κ3) is 3.46. The van der Waals surface area contributed by atoms with Crippen molar-refractivity contribution in [2.24, 2.45) is 11.8 Å². The maximum absolute atomic E-state index is 12.2. The van der Waals surface area contributed by atoms with Crippen LogP contribution >= 0.6 is 0 Å². The topological polar surface area (TPSA) is 56.1 Å². The van der Waals surface area contributed by atoms with E-state index in [1.54, 1.807) is 0 Å². The molecule has 18 heavy (non-hydrogen) atoms. The van der Waals surface area contributed by atoms with Crippen LogP contribution in [-0.4, -0.2) is 37.0 Å². The van der Waals surface area contributed by atoms with Crippen molar-refractivity contribution in [3.8, 4) is 6.07 Å². The van der Waals surface area contributed by atoms with E-state index >= 15 is 0 Å². The van der Waals surface area contributed by atoms with Crippen molar-refractivity contribution >= 4 is 5.91 Å². The monoisotopic (exact) mass is 249 g/mol. The molecule has 100 valence electrons. The summed E-state index contributed by atoms with van der Waals surface area (Å²) >= 11 is 0. The molecule has 4 heteroatoms. The molecule has 0 aromatic carbocycles. The predicted molar refractivity (Wildman–Crippen MR) is 69.7 cm³/mol. The first-order valence-corrected chi connectivity index (χ1v) is 7.07. The Bertz CT molecular complexity index is 328. The summed E-state index contributed by atoms with van der Waals surface area (Å²) in [5.74, 6) is 0.596. The van der Waals surface area contributed by atoms with E-state index in [1.165, 1.54) is 0 Å². The summed E-state index contributed by atoms with van der Waals surface area (Å²) in [6, 6.07) is 2.63. The fourth-order valence-corrected chi connectivity index (χ4v) is 3.07. The smallest absolute Gasteiger partial charge is 0.224 e. The Kier molecular flexibility index (Phi) is 4.60. The molecule has 4 nitrogen and oxygen atoms in total. The van der Waals surface area contributed by atoms with Crippen molar-refractivity contribution in [3.63, 3.8) is 0 Å². The molecule has 1 atom stereocenters. The van der Waals surface area contributed by atoms with Gasteiger partial charge in [0, 0.05) is 18.5 Å². The van der Waals surface area contributed by atoms with E-state index in [0.717, 1.165) is 51.6 Å². The Morgan fingerprint density at radius 3 is 2.61 bits per heavy atom. The van der Waals surface area contributed by atoms with Crippen molar-refractivity contribution in [3.05, 3.63) is 0 Å². The van der Waals surface area contributed by atoms with Crippen LogP contribution in [-0.2, 0) is 4.79 Å².